The third kappa shape index (κ3) is 5.54. The molecule has 0 aromatic carbocycles. The van der Waals surface area contributed by atoms with Gasteiger partial charge in [0.25, 0.3) is 0 Å². The molecular formula is C23H36N6OS. The Balaban J connectivity index is 1.26. The van der Waals surface area contributed by atoms with Crippen LogP contribution in [0, 0.1) is 5.92 Å². The van der Waals surface area contributed by atoms with Crippen molar-refractivity contribution in [1.82, 2.24) is 25.1 Å². The number of piperidine rings is 1. The molecule has 31 heavy (non-hydrogen) atoms. The number of carbonyl (C=O) groups excluding carboxylic acids is 1. The van der Waals surface area contributed by atoms with Gasteiger partial charge in [-0.3, -0.25) is 4.79 Å². The van der Waals surface area contributed by atoms with Gasteiger partial charge >= 0.3 is 0 Å². The normalized spacial score (nSPS) is 21.0. The summed E-state index contributed by atoms with van der Waals surface area (Å²) in [6.45, 7) is 13.7. The molecule has 2 aromatic rings. The molecule has 1 N–H and O–H groups in total. The predicted octanol–water partition coefficient (Wildman–Crippen LogP) is 2.61. The van der Waals surface area contributed by atoms with Crippen LogP contribution >= 0.6 is 11.3 Å². The Labute approximate surface area is 189 Å². The number of nitrogens with zero attached hydrogens (tertiary/aromatic N) is 5. The molecule has 0 radical (unpaired) electrons. The van der Waals surface area contributed by atoms with E-state index in [2.05, 4.69) is 49.9 Å². The van der Waals surface area contributed by atoms with E-state index in [4.69, 9.17) is 0 Å². The molecule has 1 amide bonds. The van der Waals surface area contributed by atoms with Gasteiger partial charge in [0.15, 0.2) is 0 Å². The third-order valence-corrected chi connectivity index (χ3v) is 7.85. The van der Waals surface area contributed by atoms with Gasteiger partial charge in [0.05, 0.1) is 11.3 Å². The summed E-state index contributed by atoms with van der Waals surface area (Å²) in [6, 6.07) is 2.22. The molecule has 0 spiro atoms. The zero-order chi connectivity index (χ0) is 21.6. The first kappa shape index (κ1) is 22.4. The number of carbonyl (C=O) groups is 1. The van der Waals surface area contributed by atoms with Crippen LogP contribution < -0.4 is 10.2 Å². The number of rotatable bonds is 8. The van der Waals surface area contributed by atoms with Crippen molar-refractivity contribution in [2.45, 2.75) is 39.5 Å². The highest BCUT2D eigenvalue weighted by Gasteiger charge is 2.27. The first-order chi connectivity index (χ1) is 15.2. The Kier molecular flexibility index (Phi) is 7.74. The minimum atomic E-state index is 0.0381. The zero-order valence-corrected chi connectivity index (χ0v) is 19.8. The van der Waals surface area contributed by atoms with Gasteiger partial charge in [-0.2, -0.15) is 0 Å². The molecule has 0 saturated carbocycles. The van der Waals surface area contributed by atoms with Crippen molar-refractivity contribution in [2.24, 2.45) is 5.92 Å². The van der Waals surface area contributed by atoms with E-state index in [-0.39, 0.29) is 11.8 Å². The number of likely N-dealkylation sites (N-methyl/N-ethyl adjacent to an activating group) is 1. The largest absolute Gasteiger partial charge is 0.356 e. The molecule has 2 aromatic heterocycles. The van der Waals surface area contributed by atoms with Gasteiger partial charge in [-0.15, -0.1) is 11.3 Å². The van der Waals surface area contributed by atoms with Crippen molar-refractivity contribution in [1.29, 1.82) is 0 Å². The van der Waals surface area contributed by atoms with Crippen LogP contribution in [0.2, 0.25) is 0 Å². The van der Waals surface area contributed by atoms with Crippen molar-refractivity contribution in [3.63, 3.8) is 0 Å². The molecule has 7 nitrogen and oxygen atoms in total. The molecule has 0 bridgehead atoms. The highest BCUT2D eigenvalue weighted by Crippen LogP contribution is 2.32. The molecule has 4 rings (SSSR count). The number of hydrogen-bond acceptors (Lipinski definition) is 7. The topological polar surface area (TPSA) is 64.6 Å². The second-order valence-corrected chi connectivity index (χ2v) is 9.80. The quantitative estimate of drug-likeness (QED) is 0.632. The molecule has 170 valence electrons. The molecule has 2 aliphatic rings. The Bertz CT molecular complexity index is 863. The lowest BCUT2D eigenvalue weighted by Gasteiger charge is -2.34. The highest BCUT2D eigenvalue weighted by molar-refractivity contribution is 7.18. The van der Waals surface area contributed by atoms with Gasteiger partial charge in [-0.05, 0) is 44.8 Å². The SMILES string of the molecule is CCc1cc2c(N3CCC[C@@H](C(=O)NCCCN4CCN(CC)CC4)C3)ncnc2s1. The minimum absolute atomic E-state index is 0.0381. The Morgan fingerprint density at radius 1 is 1.16 bits per heavy atom. The van der Waals surface area contributed by atoms with E-state index in [1.54, 1.807) is 17.7 Å². The van der Waals surface area contributed by atoms with Gasteiger partial charge < -0.3 is 20.0 Å². The molecule has 0 aliphatic carbocycles. The average molecular weight is 445 g/mol. The van der Waals surface area contributed by atoms with Crippen LogP contribution in [0.4, 0.5) is 5.82 Å². The molecule has 8 heteroatoms. The summed E-state index contributed by atoms with van der Waals surface area (Å²) < 4.78 is 0. The van der Waals surface area contributed by atoms with E-state index < -0.39 is 0 Å². The van der Waals surface area contributed by atoms with E-state index in [1.807, 2.05) is 0 Å². The summed E-state index contributed by atoms with van der Waals surface area (Å²) in [5, 5.41) is 4.33. The second kappa shape index (κ2) is 10.7. The first-order valence-electron chi connectivity index (χ1n) is 11.9. The number of thiophene rings is 1. The number of piperazine rings is 1. The molecular weight excluding hydrogens is 408 g/mol. The average Bonchev–Trinajstić information content (AvgIpc) is 3.26. The summed E-state index contributed by atoms with van der Waals surface area (Å²) in [5.41, 5.74) is 0. The number of aryl methyl sites for hydroxylation is 1. The number of hydrogen-bond donors (Lipinski definition) is 1. The van der Waals surface area contributed by atoms with Crippen LogP contribution in [0.15, 0.2) is 12.4 Å². The lowest BCUT2D eigenvalue weighted by molar-refractivity contribution is -0.125. The number of fused-ring (bicyclic) bond motifs is 1. The molecule has 2 fully saturated rings. The van der Waals surface area contributed by atoms with Gasteiger partial charge in [0, 0.05) is 50.7 Å². The fraction of sp³-hybridized carbons (Fsp3) is 0.696. The zero-order valence-electron chi connectivity index (χ0n) is 19.0. The molecule has 1 atom stereocenters. The summed E-state index contributed by atoms with van der Waals surface area (Å²) >= 11 is 1.75. The fourth-order valence-corrected chi connectivity index (χ4v) is 5.62. The molecule has 2 saturated heterocycles. The van der Waals surface area contributed by atoms with Crippen LogP contribution in [0.1, 0.15) is 38.0 Å². The van der Waals surface area contributed by atoms with Crippen LogP contribution in [-0.4, -0.2) is 84.6 Å². The molecule has 4 heterocycles. The molecule has 2 aliphatic heterocycles. The maximum atomic E-state index is 12.8. The van der Waals surface area contributed by atoms with E-state index in [9.17, 15) is 4.79 Å². The summed E-state index contributed by atoms with van der Waals surface area (Å²) in [4.78, 5) is 31.6. The van der Waals surface area contributed by atoms with Crippen LogP contribution in [-0.2, 0) is 11.2 Å². The lowest BCUT2D eigenvalue weighted by atomic mass is 9.97. The highest BCUT2D eigenvalue weighted by atomic mass is 32.1. The van der Waals surface area contributed by atoms with E-state index in [0.717, 1.165) is 87.5 Å². The van der Waals surface area contributed by atoms with E-state index >= 15 is 0 Å². The summed E-state index contributed by atoms with van der Waals surface area (Å²) in [5.74, 6) is 1.23. The third-order valence-electron chi connectivity index (χ3n) is 6.66. The van der Waals surface area contributed by atoms with Crippen molar-refractivity contribution in [2.75, 3.05) is 63.8 Å². The second-order valence-electron chi connectivity index (χ2n) is 8.69. The van der Waals surface area contributed by atoms with E-state index in [1.165, 1.54) is 18.0 Å². The first-order valence-corrected chi connectivity index (χ1v) is 12.7. The predicted molar refractivity (Wildman–Crippen MR) is 128 cm³/mol. The Morgan fingerprint density at radius 2 is 1.97 bits per heavy atom. The van der Waals surface area contributed by atoms with Crippen molar-refractivity contribution < 1.29 is 4.79 Å². The van der Waals surface area contributed by atoms with Crippen LogP contribution in [0.5, 0.6) is 0 Å². The number of amides is 1. The van der Waals surface area contributed by atoms with Gasteiger partial charge in [0.2, 0.25) is 5.91 Å². The Morgan fingerprint density at radius 3 is 2.74 bits per heavy atom. The van der Waals surface area contributed by atoms with Crippen molar-refractivity contribution >= 4 is 33.3 Å². The lowest BCUT2D eigenvalue weighted by Crippen LogP contribution is -2.47. The van der Waals surface area contributed by atoms with Crippen molar-refractivity contribution in [3.8, 4) is 0 Å². The van der Waals surface area contributed by atoms with Crippen molar-refractivity contribution in [3.05, 3.63) is 17.3 Å². The minimum Gasteiger partial charge on any atom is -0.356 e. The van der Waals surface area contributed by atoms with Crippen LogP contribution in [0.25, 0.3) is 10.2 Å². The summed E-state index contributed by atoms with van der Waals surface area (Å²) in [7, 11) is 0. The van der Waals surface area contributed by atoms with Crippen LogP contribution in [0.3, 0.4) is 0 Å². The number of aromatic nitrogens is 2. The van der Waals surface area contributed by atoms with Gasteiger partial charge in [0.1, 0.15) is 17.0 Å². The molecule has 0 unspecified atom stereocenters. The fourth-order valence-electron chi connectivity index (χ4n) is 4.69. The standard InChI is InChI=1S/C23H36N6OS/c1-3-19-15-20-21(25-17-26-23(20)31-19)29-10-5-7-18(16-29)22(30)24-8-6-9-28-13-11-27(4-2)12-14-28/h15,17-18H,3-14,16H2,1-2H3,(H,24,30)/t18-/m1/s1. The maximum absolute atomic E-state index is 12.8. The smallest absolute Gasteiger partial charge is 0.224 e. The van der Waals surface area contributed by atoms with E-state index in [0.29, 0.717) is 0 Å². The maximum Gasteiger partial charge on any atom is 0.224 e. The summed E-state index contributed by atoms with van der Waals surface area (Å²) in [6.07, 6.45) is 5.68. The van der Waals surface area contributed by atoms with Gasteiger partial charge in [-0.25, -0.2) is 9.97 Å². The monoisotopic (exact) mass is 444 g/mol. The Hall–Kier alpha value is -1.77. The number of anilines is 1. The number of nitrogens with one attached hydrogen (secondary N) is 1. The van der Waals surface area contributed by atoms with Gasteiger partial charge in [-0.1, -0.05) is 13.8 Å².